The number of likely N-dealkylation sites (tertiary alicyclic amines) is 1. The van der Waals surface area contributed by atoms with Crippen LogP contribution in [0.1, 0.15) is 35.2 Å². The Hall–Kier alpha value is -1.95. The fourth-order valence-corrected chi connectivity index (χ4v) is 4.23. The average molecular weight is 470 g/mol. The summed E-state index contributed by atoms with van der Waals surface area (Å²) in [5.41, 5.74) is 6.33. The highest BCUT2D eigenvalue weighted by atomic mass is 35.5. The number of carbonyl (C=O) groups excluding carboxylic acids is 2. The smallest absolute Gasteiger partial charge is 0.253 e. The van der Waals surface area contributed by atoms with E-state index in [1.165, 1.54) is 0 Å². The van der Waals surface area contributed by atoms with Gasteiger partial charge >= 0.3 is 0 Å². The van der Waals surface area contributed by atoms with Crippen LogP contribution in [0.25, 0.3) is 0 Å². The van der Waals surface area contributed by atoms with Crippen molar-refractivity contribution in [2.45, 2.75) is 26.2 Å². The van der Waals surface area contributed by atoms with Gasteiger partial charge in [0.1, 0.15) is 5.75 Å². The van der Waals surface area contributed by atoms with Gasteiger partial charge in [-0.1, -0.05) is 34.8 Å². The zero-order valence-electron chi connectivity index (χ0n) is 16.6. The van der Waals surface area contributed by atoms with Crippen molar-refractivity contribution in [2.75, 3.05) is 19.7 Å². The number of halogens is 3. The maximum absolute atomic E-state index is 13.0. The van der Waals surface area contributed by atoms with E-state index < -0.39 is 11.3 Å². The quantitative estimate of drug-likeness (QED) is 0.637. The third-order valence-electron chi connectivity index (χ3n) is 5.34. The molecule has 5 nitrogen and oxygen atoms in total. The van der Waals surface area contributed by atoms with E-state index in [1.54, 1.807) is 35.2 Å². The maximum atomic E-state index is 13.0. The number of primary amides is 1. The Labute approximate surface area is 191 Å². The molecule has 0 saturated carbocycles. The second-order valence-electron chi connectivity index (χ2n) is 7.80. The van der Waals surface area contributed by atoms with Gasteiger partial charge in [0, 0.05) is 35.5 Å². The highest BCUT2D eigenvalue weighted by Crippen LogP contribution is 2.36. The molecule has 0 bridgehead atoms. The molecule has 8 heteroatoms. The summed E-state index contributed by atoms with van der Waals surface area (Å²) >= 11 is 18.1. The standard InChI is InChI=1S/C22H23Cl3N2O3/c1-14-9-16(4-6-17(14)23)30-13-22(11-20(26)28)7-2-8-27(12-22)21(29)15-3-5-18(24)19(25)10-15/h3-6,9-10H,2,7-8,11-13H2,1H3,(H2,26,28). The predicted molar refractivity (Wildman–Crippen MR) is 120 cm³/mol. The third-order valence-corrected chi connectivity index (χ3v) is 6.50. The van der Waals surface area contributed by atoms with Gasteiger partial charge < -0.3 is 15.4 Å². The van der Waals surface area contributed by atoms with Crippen molar-refractivity contribution in [3.63, 3.8) is 0 Å². The number of rotatable bonds is 6. The van der Waals surface area contributed by atoms with E-state index in [0.29, 0.717) is 39.5 Å². The van der Waals surface area contributed by atoms with E-state index in [-0.39, 0.29) is 18.9 Å². The van der Waals surface area contributed by atoms with Crippen LogP contribution in [0.2, 0.25) is 15.1 Å². The summed E-state index contributed by atoms with van der Waals surface area (Å²) in [5.74, 6) is 0.0767. The molecule has 30 heavy (non-hydrogen) atoms. The number of piperidine rings is 1. The normalized spacial score (nSPS) is 18.9. The number of nitrogens with zero attached hydrogens (tertiary/aromatic N) is 1. The first kappa shape index (κ1) is 22.7. The molecule has 1 saturated heterocycles. The molecule has 2 aromatic rings. The summed E-state index contributed by atoms with van der Waals surface area (Å²) in [6, 6.07) is 10.2. The Kier molecular flexibility index (Phi) is 7.17. The predicted octanol–water partition coefficient (Wildman–Crippen LogP) is 5.13. The molecule has 2 amide bonds. The van der Waals surface area contributed by atoms with Gasteiger partial charge in [-0.2, -0.15) is 0 Å². The summed E-state index contributed by atoms with van der Waals surface area (Å²) < 4.78 is 6.01. The molecule has 160 valence electrons. The first-order chi connectivity index (χ1) is 14.2. The van der Waals surface area contributed by atoms with Crippen molar-refractivity contribution in [1.29, 1.82) is 0 Å². The van der Waals surface area contributed by atoms with Gasteiger partial charge in [-0.15, -0.1) is 0 Å². The largest absolute Gasteiger partial charge is 0.493 e. The molecule has 1 aliphatic heterocycles. The molecular formula is C22H23Cl3N2O3. The van der Waals surface area contributed by atoms with Crippen molar-refractivity contribution in [1.82, 2.24) is 4.90 Å². The zero-order valence-corrected chi connectivity index (χ0v) is 18.9. The Morgan fingerprint density at radius 3 is 2.50 bits per heavy atom. The summed E-state index contributed by atoms with van der Waals surface area (Å²) in [6.07, 6.45) is 1.60. The van der Waals surface area contributed by atoms with E-state index >= 15 is 0 Å². The molecule has 1 atom stereocenters. The third kappa shape index (κ3) is 5.39. The number of hydrogen-bond donors (Lipinski definition) is 1. The number of aryl methyl sites for hydroxylation is 1. The first-order valence-corrected chi connectivity index (χ1v) is 10.7. The summed E-state index contributed by atoms with van der Waals surface area (Å²) in [7, 11) is 0. The van der Waals surface area contributed by atoms with E-state index in [9.17, 15) is 9.59 Å². The van der Waals surface area contributed by atoms with E-state index in [0.717, 1.165) is 18.4 Å². The highest BCUT2D eigenvalue weighted by molar-refractivity contribution is 6.42. The second-order valence-corrected chi connectivity index (χ2v) is 9.02. The van der Waals surface area contributed by atoms with Gasteiger partial charge in [0.15, 0.2) is 0 Å². The molecule has 1 fully saturated rings. The first-order valence-electron chi connectivity index (χ1n) is 9.61. The minimum atomic E-state index is -0.566. The van der Waals surface area contributed by atoms with Gasteiger partial charge in [-0.25, -0.2) is 0 Å². The molecule has 2 aromatic carbocycles. The second kappa shape index (κ2) is 9.46. The Morgan fingerprint density at radius 1 is 1.10 bits per heavy atom. The van der Waals surface area contributed by atoms with Gasteiger partial charge in [0.05, 0.1) is 16.7 Å². The van der Waals surface area contributed by atoms with Crippen LogP contribution >= 0.6 is 34.8 Å². The molecule has 0 aliphatic carbocycles. The van der Waals surface area contributed by atoms with Gasteiger partial charge in [-0.05, 0) is 61.7 Å². The molecule has 1 heterocycles. The highest BCUT2D eigenvalue weighted by Gasteiger charge is 2.39. The van der Waals surface area contributed by atoms with Crippen LogP contribution in [-0.2, 0) is 4.79 Å². The van der Waals surface area contributed by atoms with Gasteiger partial charge in [-0.3, -0.25) is 9.59 Å². The Morgan fingerprint density at radius 2 is 1.83 bits per heavy atom. The van der Waals surface area contributed by atoms with Crippen LogP contribution in [0.4, 0.5) is 0 Å². The van der Waals surface area contributed by atoms with Crippen molar-refractivity contribution >= 4 is 46.6 Å². The monoisotopic (exact) mass is 468 g/mol. The van der Waals surface area contributed by atoms with E-state index in [2.05, 4.69) is 0 Å². The van der Waals surface area contributed by atoms with Crippen LogP contribution in [0.15, 0.2) is 36.4 Å². The lowest BCUT2D eigenvalue weighted by atomic mass is 9.77. The number of ether oxygens (including phenoxy) is 1. The SMILES string of the molecule is Cc1cc(OCC2(CC(N)=O)CCCN(C(=O)c3ccc(Cl)c(Cl)c3)C2)ccc1Cl. The molecule has 1 aliphatic rings. The summed E-state index contributed by atoms with van der Waals surface area (Å²) in [5, 5.41) is 1.37. The molecule has 2 N–H and O–H groups in total. The summed E-state index contributed by atoms with van der Waals surface area (Å²) in [6.45, 7) is 3.11. The van der Waals surface area contributed by atoms with Crippen LogP contribution in [0, 0.1) is 12.3 Å². The number of amides is 2. The lowest BCUT2D eigenvalue weighted by Crippen LogP contribution is -2.50. The maximum Gasteiger partial charge on any atom is 0.253 e. The fraction of sp³-hybridized carbons (Fsp3) is 0.364. The van der Waals surface area contributed by atoms with Crippen LogP contribution in [-0.4, -0.2) is 36.4 Å². The lowest BCUT2D eigenvalue weighted by molar-refractivity contribution is -0.122. The zero-order chi connectivity index (χ0) is 21.9. The minimum Gasteiger partial charge on any atom is -0.493 e. The fourth-order valence-electron chi connectivity index (χ4n) is 3.82. The molecule has 0 radical (unpaired) electrons. The van der Waals surface area contributed by atoms with Gasteiger partial charge in [0.2, 0.25) is 5.91 Å². The van der Waals surface area contributed by atoms with Crippen LogP contribution in [0.3, 0.4) is 0 Å². The minimum absolute atomic E-state index is 0.130. The van der Waals surface area contributed by atoms with E-state index in [4.69, 9.17) is 45.3 Å². The summed E-state index contributed by atoms with van der Waals surface area (Å²) in [4.78, 5) is 26.6. The Balaban J connectivity index is 1.78. The number of nitrogens with two attached hydrogens (primary N) is 1. The average Bonchev–Trinajstić information content (AvgIpc) is 2.70. The topological polar surface area (TPSA) is 72.6 Å². The number of benzene rings is 2. The Bertz CT molecular complexity index is 967. The number of hydrogen-bond acceptors (Lipinski definition) is 3. The molecule has 1 unspecified atom stereocenters. The van der Waals surface area contributed by atoms with Crippen LogP contribution < -0.4 is 10.5 Å². The van der Waals surface area contributed by atoms with Crippen molar-refractivity contribution in [3.8, 4) is 5.75 Å². The van der Waals surface area contributed by atoms with Crippen molar-refractivity contribution < 1.29 is 14.3 Å². The van der Waals surface area contributed by atoms with Crippen molar-refractivity contribution in [2.24, 2.45) is 11.1 Å². The molecule has 0 aromatic heterocycles. The molecule has 0 spiro atoms. The number of carbonyl (C=O) groups is 2. The van der Waals surface area contributed by atoms with Crippen LogP contribution in [0.5, 0.6) is 5.75 Å². The van der Waals surface area contributed by atoms with Crippen molar-refractivity contribution in [3.05, 3.63) is 62.6 Å². The van der Waals surface area contributed by atoms with E-state index in [1.807, 2.05) is 13.0 Å². The van der Waals surface area contributed by atoms with Gasteiger partial charge in [0.25, 0.3) is 5.91 Å². The lowest BCUT2D eigenvalue weighted by Gasteiger charge is -2.42. The molecule has 3 rings (SSSR count). The molecular weight excluding hydrogens is 447 g/mol.